The molecule has 0 fully saturated rings. The lowest BCUT2D eigenvalue weighted by molar-refractivity contribution is 0.613. The summed E-state index contributed by atoms with van der Waals surface area (Å²) in [5.74, 6) is 2.27. The van der Waals surface area contributed by atoms with Crippen LogP contribution in [0.15, 0.2) is 18.2 Å². The van der Waals surface area contributed by atoms with E-state index in [1.54, 1.807) is 0 Å². The molecule has 0 spiro atoms. The van der Waals surface area contributed by atoms with Gasteiger partial charge in [-0.2, -0.15) is 5.10 Å². The Kier molecular flexibility index (Phi) is 3.36. The maximum absolute atomic E-state index is 6.11. The number of aryl methyl sites for hydroxylation is 2. The maximum Gasteiger partial charge on any atom is 0.160 e. The zero-order valence-electron chi connectivity index (χ0n) is 11.4. The Balaban J connectivity index is 2.44. The fourth-order valence-electron chi connectivity index (χ4n) is 2.00. The molecule has 0 saturated carbocycles. The van der Waals surface area contributed by atoms with Gasteiger partial charge in [0.2, 0.25) is 0 Å². The molecule has 18 heavy (non-hydrogen) atoms. The number of nitrogens with zero attached hydrogens (tertiary/aromatic N) is 3. The first-order chi connectivity index (χ1) is 8.49. The van der Waals surface area contributed by atoms with E-state index in [9.17, 15) is 0 Å². The first-order valence-corrected chi connectivity index (χ1v) is 6.24. The zero-order chi connectivity index (χ0) is 13.3. The molecule has 0 radical (unpaired) electrons. The van der Waals surface area contributed by atoms with E-state index in [1.807, 2.05) is 36.9 Å². The molecule has 0 aliphatic rings. The highest BCUT2D eigenvalue weighted by molar-refractivity contribution is 5.74. The number of anilines is 1. The van der Waals surface area contributed by atoms with Crippen molar-refractivity contribution in [3.05, 3.63) is 29.6 Å². The van der Waals surface area contributed by atoms with Gasteiger partial charge in [-0.15, -0.1) is 0 Å². The third-order valence-electron chi connectivity index (χ3n) is 2.96. The van der Waals surface area contributed by atoms with Gasteiger partial charge < -0.3 is 5.73 Å². The van der Waals surface area contributed by atoms with Crippen molar-refractivity contribution in [2.75, 3.05) is 5.73 Å². The van der Waals surface area contributed by atoms with Crippen molar-refractivity contribution in [3.8, 4) is 11.4 Å². The van der Waals surface area contributed by atoms with Crippen LogP contribution in [0.3, 0.4) is 0 Å². The van der Waals surface area contributed by atoms with Crippen molar-refractivity contribution < 1.29 is 0 Å². The average Bonchev–Trinajstić information content (AvgIpc) is 2.62. The van der Waals surface area contributed by atoms with Crippen LogP contribution in [-0.4, -0.2) is 14.8 Å². The van der Waals surface area contributed by atoms with Crippen molar-refractivity contribution in [1.82, 2.24) is 14.8 Å². The molecule has 2 rings (SSSR count). The Labute approximate surface area is 108 Å². The molecule has 0 aliphatic heterocycles. The summed E-state index contributed by atoms with van der Waals surface area (Å²) in [6.07, 6.45) is 0.888. The van der Waals surface area contributed by atoms with E-state index < -0.39 is 0 Å². The smallest absolute Gasteiger partial charge is 0.160 e. The molecule has 0 aliphatic carbocycles. The van der Waals surface area contributed by atoms with Gasteiger partial charge in [0.15, 0.2) is 11.6 Å². The van der Waals surface area contributed by atoms with Crippen molar-refractivity contribution in [1.29, 1.82) is 0 Å². The first kappa shape index (κ1) is 12.6. The highest BCUT2D eigenvalue weighted by Gasteiger charge is 2.13. The van der Waals surface area contributed by atoms with E-state index in [0.29, 0.717) is 5.92 Å². The van der Waals surface area contributed by atoms with Gasteiger partial charge in [-0.25, -0.2) is 9.67 Å². The monoisotopic (exact) mass is 244 g/mol. The van der Waals surface area contributed by atoms with Crippen LogP contribution in [0.5, 0.6) is 0 Å². The highest BCUT2D eigenvalue weighted by Crippen LogP contribution is 2.26. The number of rotatable bonds is 3. The molecule has 1 heterocycles. The molecule has 2 N–H and O–H groups in total. The van der Waals surface area contributed by atoms with Crippen LogP contribution in [0, 0.1) is 12.8 Å². The predicted octanol–water partition coefficient (Wildman–Crippen LogP) is 2.57. The topological polar surface area (TPSA) is 56.7 Å². The summed E-state index contributed by atoms with van der Waals surface area (Å²) in [5.41, 5.74) is 8.92. The Bertz CT molecular complexity index is 555. The van der Waals surface area contributed by atoms with E-state index in [-0.39, 0.29) is 0 Å². The quantitative estimate of drug-likeness (QED) is 0.844. The van der Waals surface area contributed by atoms with E-state index >= 15 is 0 Å². The summed E-state index contributed by atoms with van der Waals surface area (Å²) >= 11 is 0. The molecular weight excluding hydrogens is 224 g/mol. The van der Waals surface area contributed by atoms with Crippen LogP contribution >= 0.6 is 0 Å². The molecule has 0 amide bonds. The third kappa shape index (κ3) is 2.37. The fraction of sp³-hybridized carbons (Fsp3) is 0.429. The second kappa shape index (κ2) is 4.80. The van der Waals surface area contributed by atoms with Crippen LogP contribution in [0.2, 0.25) is 0 Å². The summed E-state index contributed by atoms with van der Waals surface area (Å²) in [6, 6.07) is 5.99. The van der Waals surface area contributed by atoms with Gasteiger partial charge >= 0.3 is 0 Å². The van der Waals surface area contributed by atoms with Crippen molar-refractivity contribution in [2.24, 2.45) is 13.0 Å². The summed E-state index contributed by atoms with van der Waals surface area (Å²) in [5, 5.41) is 4.45. The number of benzene rings is 1. The van der Waals surface area contributed by atoms with Gasteiger partial charge in [-0.05, 0) is 24.5 Å². The molecular formula is C14H20N4. The average molecular weight is 244 g/mol. The number of hydrogen-bond donors (Lipinski definition) is 1. The fourth-order valence-corrected chi connectivity index (χ4v) is 2.00. The summed E-state index contributed by atoms with van der Waals surface area (Å²) in [4.78, 5) is 4.59. The van der Waals surface area contributed by atoms with E-state index in [4.69, 9.17) is 5.73 Å². The van der Waals surface area contributed by atoms with Crippen molar-refractivity contribution in [2.45, 2.75) is 27.2 Å². The van der Waals surface area contributed by atoms with Gasteiger partial charge in [0.05, 0.1) is 0 Å². The summed E-state index contributed by atoms with van der Waals surface area (Å²) in [7, 11) is 1.91. The lowest BCUT2D eigenvalue weighted by atomic mass is 10.1. The van der Waals surface area contributed by atoms with Gasteiger partial charge in [0.1, 0.15) is 0 Å². The largest absolute Gasteiger partial charge is 0.398 e. The van der Waals surface area contributed by atoms with Crippen LogP contribution in [0.1, 0.15) is 25.2 Å². The van der Waals surface area contributed by atoms with Crippen LogP contribution in [0.25, 0.3) is 11.4 Å². The van der Waals surface area contributed by atoms with Gasteiger partial charge in [0.25, 0.3) is 0 Å². The molecule has 4 heteroatoms. The van der Waals surface area contributed by atoms with Crippen molar-refractivity contribution >= 4 is 5.69 Å². The first-order valence-electron chi connectivity index (χ1n) is 6.24. The second-order valence-electron chi connectivity index (χ2n) is 5.11. The molecule has 1 aromatic heterocycles. The highest BCUT2D eigenvalue weighted by atomic mass is 15.3. The van der Waals surface area contributed by atoms with Crippen LogP contribution < -0.4 is 5.73 Å². The normalized spacial score (nSPS) is 11.2. The minimum absolute atomic E-state index is 0.551. The Morgan fingerprint density at radius 2 is 2.06 bits per heavy atom. The lowest BCUT2D eigenvalue weighted by Crippen LogP contribution is -1.99. The van der Waals surface area contributed by atoms with E-state index in [2.05, 4.69) is 23.9 Å². The zero-order valence-corrected chi connectivity index (χ0v) is 11.4. The third-order valence-corrected chi connectivity index (χ3v) is 2.96. The number of para-hydroxylation sites is 1. The minimum Gasteiger partial charge on any atom is -0.398 e. The number of nitrogen functional groups attached to an aromatic ring is 1. The molecule has 2 aromatic rings. The lowest BCUT2D eigenvalue weighted by Gasteiger charge is -2.06. The minimum atomic E-state index is 0.551. The molecule has 0 atom stereocenters. The van der Waals surface area contributed by atoms with E-state index in [0.717, 1.165) is 34.9 Å². The Morgan fingerprint density at radius 1 is 1.33 bits per heavy atom. The van der Waals surface area contributed by atoms with E-state index in [1.165, 1.54) is 0 Å². The number of hydrogen-bond acceptors (Lipinski definition) is 3. The SMILES string of the molecule is Cc1cccc(-c2nc(CC(C)C)nn2C)c1N. The molecule has 0 bridgehead atoms. The molecule has 0 saturated heterocycles. The molecule has 4 nitrogen and oxygen atoms in total. The molecule has 0 unspecified atom stereocenters. The number of nitrogens with two attached hydrogens (primary N) is 1. The van der Waals surface area contributed by atoms with Gasteiger partial charge in [0, 0.05) is 24.7 Å². The summed E-state index contributed by atoms with van der Waals surface area (Å²) in [6.45, 7) is 6.33. The van der Waals surface area contributed by atoms with Gasteiger partial charge in [-0.1, -0.05) is 26.0 Å². The summed E-state index contributed by atoms with van der Waals surface area (Å²) < 4.78 is 1.81. The molecule has 96 valence electrons. The Morgan fingerprint density at radius 3 is 2.72 bits per heavy atom. The molecule has 1 aromatic carbocycles. The van der Waals surface area contributed by atoms with Crippen LogP contribution in [0.4, 0.5) is 5.69 Å². The number of aromatic nitrogens is 3. The predicted molar refractivity (Wildman–Crippen MR) is 74.1 cm³/mol. The second-order valence-corrected chi connectivity index (χ2v) is 5.11. The Hall–Kier alpha value is -1.84. The standard InChI is InChI=1S/C14H20N4/c1-9(2)8-12-16-14(18(4)17-12)11-7-5-6-10(3)13(11)15/h5-7,9H,8,15H2,1-4H3. The van der Waals surface area contributed by atoms with Crippen molar-refractivity contribution in [3.63, 3.8) is 0 Å². The van der Waals surface area contributed by atoms with Crippen LogP contribution in [-0.2, 0) is 13.5 Å². The maximum atomic E-state index is 6.11. The van der Waals surface area contributed by atoms with Gasteiger partial charge in [-0.3, -0.25) is 0 Å².